The van der Waals surface area contributed by atoms with Gasteiger partial charge in [-0.3, -0.25) is 9.89 Å². The zero-order valence-corrected chi connectivity index (χ0v) is 16.7. The van der Waals surface area contributed by atoms with E-state index >= 15 is 0 Å². The molecule has 0 aromatic carbocycles. The molecule has 1 aromatic heterocycles. The number of nitrogens with zero attached hydrogens (tertiary/aromatic N) is 5. The molecule has 148 valence electrons. The lowest BCUT2D eigenvalue weighted by atomic mass is 10.3. The van der Waals surface area contributed by atoms with Crippen LogP contribution >= 0.6 is 0 Å². The monoisotopic (exact) mass is 386 g/mol. The van der Waals surface area contributed by atoms with Crippen LogP contribution < -0.4 is 5.32 Å². The first-order valence-electron chi connectivity index (χ1n) is 9.05. The average molecular weight is 387 g/mol. The highest BCUT2D eigenvalue weighted by molar-refractivity contribution is 7.89. The Morgan fingerprint density at radius 2 is 2.00 bits per heavy atom. The van der Waals surface area contributed by atoms with Gasteiger partial charge in [0.05, 0.1) is 11.4 Å². The topological polar surface area (TPSA) is 94.3 Å². The molecule has 10 heteroatoms. The number of guanidine groups is 1. The minimum atomic E-state index is -3.22. The Morgan fingerprint density at radius 3 is 2.54 bits per heavy atom. The molecule has 2 heterocycles. The first-order chi connectivity index (χ1) is 12.5. The number of hydrogen-bond donors (Lipinski definition) is 1. The summed E-state index contributed by atoms with van der Waals surface area (Å²) in [5.41, 5.74) is 0.933. The van der Waals surface area contributed by atoms with E-state index in [1.807, 2.05) is 19.9 Å². The number of nitrogens with one attached hydrogen (secondary N) is 1. The molecule has 26 heavy (non-hydrogen) atoms. The molecule has 0 atom stereocenters. The molecule has 0 spiro atoms. The molecule has 1 saturated heterocycles. The standard InChI is InChI=1S/C16H30N6O3S/c1-4-22(5-2)26(23,24)13-7-18-16(17-3)21-10-8-20(9-11-21)14-15-6-12-25-19-15/h6,12H,4-5,7-11,13-14H2,1-3H3,(H,17,18). The first-order valence-corrected chi connectivity index (χ1v) is 10.7. The van der Waals surface area contributed by atoms with Gasteiger partial charge in [0.2, 0.25) is 10.0 Å². The van der Waals surface area contributed by atoms with Crippen molar-refractivity contribution in [2.45, 2.75) is 20.4 Å². The van der Waals surface area contributed by atoms with E-state index in [0.717, 1.165) is 44.4 Å². The van der Waals surface area contributed by atoms with Crippen LogP contribution in [0.2, 0.25) is 0 Å². The van der Waals surface area contributed by atoms with Crippen molar-refractivity contribution in [2.75, 3.05) is 58.6 Å². The summed E-state index contributed by atoms with van der Waals surface area (Å²) < 4.78 is 30.8. The predicted molar refractivity (Wildman–Crippen MR) is 101 cm³/mol. The van der Waals surface area contributed by atoms with E-state index in [2.05, 4.69) is 25.3 Å². The molecule has 0 radical (unpaired) electrons. The molecule has 0 saturated carbocycles. The van der Waals surface area contributed by atoms with Crippen LogP contribution in [0, 0.1) is 0 Å². The molecule has 9 nitrogen and oxygen atoms in total. The van der Waals surface area contributed by atoms with Crippen LogP contribution in [-0.2, 0) is 16.6 Å². The second-order valence-corrected chi connectivity index (χ2v) is 8.22. The van der Waals surface area contributed by atoms with Gasteiger partial charge in [-0.1, -0.05) is 19.0 Å². The van der Waals surface area contributed by atoms with Gasteiger partial charge in [-0.25, -0.2) is 12.7 Å². The third-order valence-electron chi connectivity index (χ3n) is 4.50. The van der Waals surface area contributed by atoms with Crippen LogP contribution in [0.5, 0.6) is 0 Å². The zero-order valence-electron chi connectivity index (χ0n) is 15.9. The molecule has 2 rings (SSSR count). The normalized spacial score (nSPS) is 17.1. The maximum Gasteiger partial charge on any atom is 0.215 e. The lowest BCUT2D eigenvalue weighted by molar-refractivity contribution is 0.169. The molecule has 1 aliphatic heterocycles. The van der Waals surface area contributed by atoms with Gasteiger partial charge in [0, 0.05) is 65.5 Å². The van der Waals surface area contributed by atoms with Crippen LogP contribution in [0.15, 0.2) is 21.8 Å². The number of aromatic nitrogens is 1. The molecule has 1 aromatic rings. The van der Waals surface area contributed by atoms with E-state index in [-0.39, 0.29) is 5.75 Å². The Balaban J connectivity index is 1.77. The van der Waals surface area contributed by atoms with E-state index in [4.69, 9.17) is 4.52 Å². The summed E-state index contributed by atoms with van der Waals surface area (Å²) >= 11 is 0. The molecule has 0 amide bonds. The summed E-state index contributed by atoms with van der Waals surface area (Å²) in [5, 5.41) is 7.13. The molecule has 1 fully saturated rings. The summed E-state index contributed by atoms with van der Waals surface area (Å²) in [4.78, 5) is 8.76. The molecule has 0 aliphatic carbocycles. The van der Waals surface area contributed by atoms with Crippen molar-refractivity contribution >= 4 is 16.0 Å². The number of hydrogen-bond acceptors (Lipinski definition) is 6. The van der Waals surface area contributed by atoms with Gasteiger partial charge in [0.25, 0.3) is 0 Å². The third-order valence-corrected chi connectivity index (χ3v) is 6.53. The van der Waals surface area contributed by atoms with Crippen LogP contribution in [0.25, 0.3) is 0 Å². The fourth-order valence-corrected chi connectivity index (χ4v) is 4.44. The highest BCUT2D eigenvalue weighted by Gasteiger charge is 2.22. The molecular formula is C16H30N6O3S. The van der Waals surface area contributed by atoms with E-state index in [9.17, 15) is 8.42 Å². The molecule has 1 aliphatic rings. The van der Waals surface area contributed by atoms with E-state index < -0.39 is 10.0 Å². The summed E-state index contributed by atoms with van der Waals surface area (Å²) in [5.74, 6) is 0.820. The molecule has 0 unspecified atom stereocenters. The lowest BCUT2D eigenvalue weighted by Gasteiger charge is -2.36. The van der Waals surface area contributed by atoms with E-state index in [1.54, 1.807) is 13.3 Å². The zero-order chi connectivity index (χ0) is 19.0. The second-order valence-electron chi connectivity index (χ2n) is 6.13. The molecule has 0 bridgehead atoms. The Hall–Kier alpha value is -1.65. The van der Waals surface area contributed by atoms with Crippen molar-refractivity contribution in [3.8, 4) is 0 Å². The highest BCUT2D eigenvalue weighted by Crippen LogP contribution is 2.07. The molecular weight excluding hydrogens is 356 g/mol. The lowest BCUT2D eigenvalue weighted by Crippen LogP contribution is -2.52. The van der Waals surface area contributed by atoms with Gasteiger partial charge < -0.3 is 14.7 Å². The summed E-state index contributed by atoms with van der Waals surface area (Å²) in [6, 6.07) is 1.88. The maximum atomic E-state index is 12.2. The minimum Gasteiger partial charge on any atom is -0.364 e. The van der Waals surface area contributed by atoms with Crippen molar-refractivity contribution in [1.82, 2.24) is 24.6 Å². The quantitative estimate of drug-likeness (QED) is 0.498. The van der Waals surface area contributed by atoms with Crippen LogP contribution in [-0.4, -0.2) is 92.3 Å². The van der Waals surface area contributed by atoms with Gasteiger partial charge in [0.1, 0.15) is 6.26 Å². The van der Waals surface area contributed by atoms with Crippen LogP contribution in [0.3, 0.4) is 0 Å². The van der Waals surface area contributed by atoms with Gasteiger partial charge >= 0.3 is 0 Å². The number of aliphatic imine (C=N–C) groups is 1. The van der Waals surface area contributed by atoms with Crippen LogP contribution in [0.4, 0.5) is 0 Å². The second kappa shape index (κ2) is 9.89. The SMILES string of the molecule is CCN(CC)S(=O)(=O)CCNC(=NC)N1CCN(Cc2ccon2)CC1. The van der Waals surface area contributed by atoms with Crippen molar-refractivity contribution in [2.24, 2.45) is 4.99 Å². The summed E-state index contributed by atoms with van der Waals surface area (Å²) in [6.07, 6.45) is 1.59. The van der Waals surface area contributed by atoms with Crippen LogP contribution in [0.1, 0.15) is 19.5 Å². The average Bonchev–Trinajstić information content (AvgIpc) is 3.13. The third kappa shape index (κ3) is 5.68. The Labute approximate surface area is 156 Å². The van der Waals surface area contributed by atoms with Crippen molar-refractivity contribution in [1.29, 1.82) is 0 Å². The van der Waals surface area contributed by atoms with Gasteiger partial charge in [-0.05, 0) is 0 Å². The Bertz CT molecular complexity index is 650. The van der Waals surface area contributed by atoms with Gasteiger partial charge in [-0.2, -0.15) is 0 Å². The van der Waals surface area contributed by atoms with E-state index in [1.165, 1.54) is 4.31 Å². The van der Waals surface area contributed by atoms with Gasteiger partial charge in [-0.15, -0.1) is 0 Å². The largest absolute Gasteiger partial charge is 0.364 e. The Kier molecular flexibility index (Phi) is 7.85. The highest BCUT2D eigenvalue weighted by atomic mass is 32.2. The molecule has 1 N–H and O–H groups in total. The number of piperazine rings is 1. The maximum absolute atomic E-state index is 12.2. The summed E-state index contributed by atoms with van der Waals surface area (Å²) in [6.45, 7) is 9.29. The number of rotatable bonds is 8. The van der Waals surface area contributed by atoms with Crippen molar-refractivity contribution in [3.05, 3.63) is 18.0 Å². The van der Waals surface area contributed by atoms with Crippen molar-refractivity contribution < 1.29 is 12.9 Å². The van der Waals surface area contributed by atoms with Crippen molar-refractivity contribution in [3.63, 3.8) is 0 Å². The Morgan fingerprint density at radius 1 is 1.31 bits per heavy atom. The minimum absolute atomic E-state index is 0.0693. The smallest absolute Gasteiger partial charge is 0.215 e. The fraction of sp³-hybridized carbons (Fsp3) is 0.750. The summed E-state index contributed by atoms with van der Waals surface area (Å²) in [7, 11) is -1.50. The predicted octanol–water partition coefficient (Wildman–Crippen LogP) is 0.0392. The first kappa shape index (κ1) is 20.7. The number of sulfonamides is 1. The van der Waals surface area contributed by atoms with Gasteiger partial charge in [0.15, 0.2) is 5.96 Å². The van der Waals surface area contributed by atoms with E-state index in [0.29, 0.717) is 19.6 Å². The fourth-order valence-electron chi connectivity index (χ4n) is 3.04.